The van der Waals surface area contributed by atoms with E-state index in [9.17, 15) is 9.18 Å². The molecule has 3 nitrogen and oxygen atoms in total. The van der Waals surface area contributed by atoms with Gasteiger partial charge in [-0.15, -0.1) is 12.3 Å². The standard InChI is InChI=1S/C17H22FNO2/c1-2-3-4-5-6-7-8-9-13-21-15-12-10-11-14(16(15)18)17(19)20/h1,10-12H,3-9,13H2,(H2,19,20). The molecule has 1 aromatic rings. The Labute approximate surface area is 125 Å². The van der Waals surface area contributed by atoms with Gasteiger partial charge in [-0.3, -0.25) is 4.79 Å². The molecule has 1 amide bonds. The zero-order valence-corrected chi connectivity index (χ0v) is 12.2. The average molecular weight is 291 g/mol. The molecule has 0 aliphatic heterocycles. The second kappa shape index (κ2) is 9.82. The SMILES string of the molecule is C#CCCCCCCCCOc1cccc(C(N)=O)c1F. The van der Waals surface area contributed by atoms with Crippen molar-refractivity contribution in [1.82, 2.24) is 0 Å². The molecule has 0 heterocycles. The van der Waals surface area contributed by atoms with Crippen molar-refractivity contribution in [3.05, 3.63) is 29.6 Å². The molecule has 114 valence electrons. The molecule has 0 aromatic heterocycles. The minimum absolute atomic E-state index is 0.0836. The first-order valence-electron chi connectivity index (χ1n) is 7.31. The van der Waals surface area contributed by atoms with E-state index in [0.29, 0.717) is 6.61 Å². The normalized spacial score (nSPS) is 10.1. The second-order valence-corrected chi connectivity index (χ2v) is 4.91. The van der Waals surface area contributed by atoms with Gasteiger partial charge in [0.25, 0.3) is 5.91 Å². The minimum atomic E-state index is -0.787. The van der Waals surface area contributed by atoms with Gasteiger partial charge in [-0.1, -0.05) is 31.7 Å². The lowest BCUT2D eigenvalue weighted by Crippen LogP contribution is -2.14. The quantitative estimate of drug-likeness (QED) is 0.528. The maximum atomic E-state index is 13.8. The summed E-state index contributed by atoms with van der Waals surface area (Å²) in [5, 5.41) is 0. The summed E-state index contributed by atoms with van der Waals surface area (Å²) in [6.45, 7) is 0.434. The van der Waals surface area contributed by atoms with Crippen molar-refractivity contribution in [1.29, 1.82) is 0 Å². The van der Waals surface area contributed by atoms with Gasteiger partial charge in [0.15, 0.2) is 11.6 Å². The van der Waals surface area contributed by atoms with Gasteiger partial charge in [0.2, 0.25) is 0 Å². The summed E-state index contributed by atoms with van der Waals surface area (Å²) in [6.07, 6.45) is 12.4. The lowest BCUT2D eigenvalue weighted by molar-refractivity contribution is 0.0995. The van der Waals surface area contributed by atoms with Crippen LogP contribution in [-0.4, -0.2) is 12.5 Å². The first-order chi connectivity index (χ1) is 10.2. The summed E-state index contributed by atoms with van der Waals surface area (Å²) < 4.78 is 19.2. The molecule has 0 spiro atoms. The van der Waals surface area contributed by atoms with Gasteiger partial charge in [0.05, 0.1) is 12.2 Å². The van der Waals surface area contributed by atoms with Crippen LogP contribution in [0.4, 0.5) is 4.39 Å². The topological polar surface area (TPSA) is 52.3 Å². The Morgan fingerprint density at radius 3 is 2.52 bits per heavy atom. The fourth-order valence-electron chi connectivity index (χ4n) is 2.03. The van der Waals surface area contributed by atoms with Crippen LogP contribution in [0, 0.1) is 18.2 Å². The molecule has 0 fully saturated rings. The average Bonchev–Trinajstić information content (AvgIpc) is 2.46. The fraction of sp³-hybridized carbons (Fsp3) is 0.471. The first-order valence-corrected chi connectivity index (χ1v) is 7.31. The highest BCUT2D eigenvalue weighted by Crippen LogP contribution is 2.20. The molecule has 4 heteroatoms. The van der Waals surface area contributed by atoms with Gasteiger partial charge < -0.3 is 10.5 Å². The third-order valence-electron chi connectivity index (χ3n) is 3.20. The number of hydrogen-bond donors (Lipinski definition) is 1. The Morgan fingerprint density at radius 1 is 1.19 bits per heavy atom. The number of carbonyl (C=O) groups excluding carboxylic acids is 1. The predicted molar refractivity (Wildman–Crippen MR) is 81.6 cm³/mol. The number of nitrogens with two attached hydrogens (primary N) is 1. The van der Waals surface area contributed by atoms with E-state index in [1.54, 1.807) is 6.07 Å². The van der Waals surface area contributed by atoms with Crippen LogP contribution in [0.15, 0.2) is 18.2 Å². The molecule has 1 rings (SSSR count). The molecular formula is C17H22FNO2. The third kappa shape index (κ3) is 6.31. The van der Waals surface area contributed by atoms with Crippen LogP contribution in [0.1, 0.15) is 55.3 Å². The van der Waals surface area contributed by atoms with Crippen molar-refractivity contribution < 1.29 is 13.9 Å². The number of benzene rings is 1. The van der Waals surface area contributed by atoms with E-state index >= 15 is 0 Å². The van der Waals surface area contributed by atoms with E-state index in [-0.39, 0.29) is 11.3 Å². The van der Waals surface area contributed by atoms with Gasteiger partial charge in [0, 0.05) is 6.42 Å². The molecule has 0 saturated heterocycles. The summed E-state index contributed by atoms with van der Waals surface area (Å²) in [7, 11) is 0. The number of rotatable bonds is 10. The monoisotopic (exact) mass is 291 g/mol. The van der Waals surface area contributed by atoms with Crippen molar-refractivity contribution >= 4 is 5.91 Å². The first kappa shape index (κ1) is 17.0. The molecule has 0 saturated carbocycles. The number of unbranched alkanes of at least 4 members (excludes halogenated alkanes) is 6. The summed E-state index contributed by atoms with van der Waals surface area (Å²) in [6, 6.07) is 4.41. The van der Waals surface area contributed by atoms with Crippen molar-refractivity contribution in [3.63, 3.8) is 0 Å². The number of amides is 1. The highest BCUT2D eigenvalue weighted by Gasteiger charge is 2.12. The number of ether oxygens (including phenoxy) is 1. The molecule has 0 aliphatic rings. The second-order valence-electron chi connectivity index (χ2n) is 4.91. The van der Waals surface area contributed by atoms with Crippen LogP contribution >= 0.6 is 0 Å². The maximum absolute atomic E-state index is 13.8. The molecule has 0 radical (unpaired) electrons. The number of halogens is 1. The van der Waals surface area contributed by atoms with E-state index in [1.807, 2.05) is 0 Å². The minimum Gasteiger partial charge on any atom is -0.490 e. The molecule has 0 bridgehead atoms. The van der Waals surface area contributed by atoms with E-state index in [0.717, 1.165) is 44.9 Å². The Bertz CT molecular complexity index is 494. The van der Waals surface area contributed by atoms with Crippen molar-refractivity contribution in [2.75, 3.05) is 6.61 Å². The zero-order chi connectivity index (χ0) is 15.5. The zero-order valence-electron chi connectivity index (χ0n) is 12.2. The molecule has 2 N–H and O–H groups in total. The molecule has 0 atom stereocenters. The summed E-state index contributed by atoms with van der Waals surface area (Å²) in [4.78, 5) is 11.0. The molecule has 1 aromatic carbocycles. The smallest absolute Gasteiger partial charge is 0.251 e. The van der Waals surface area contributed by atoms with E-state index in [1.165, 1.54) is 12.1 Å². The maximum Gasteiger partial charge on any atom is 0.251 e. The van der Waals surface area contributed by atoms with Crippen LogP contribution in [0.3, 0.4) is 0 Å². The van der Waals surface area contributed by atoms with Crippen LogP contribution in [-0.2, 0) is 0 Å². The Kier molecular flexibility index (Phi) is 7.96. The van der Waals surface area contributed by atoms with Gasteiger partial charge in [-0.25, -0.2) is 4.39 Å². The van der Waals surface area contributed by atoms with Crippen LogP contribution in [0.5, 0.6) is 5.75 Å². The highest BCUT2D eigenvalue weighted by molar-refractivity contribution is 5.93. The number of hydrogen-bond acceptors (Lipinski definition) is 2. The Balaban J connectivity index is 2.20. The molecular weight excluding hydrogens is 269 g/mol. The number of carbonyl (C=O) groups is 1. The van der Waals surface area contributed by atoms with Gasteiger partial charge in [-0.05, 0) is 25.0 Å². The summed E-state index contributed by atoms with van der Waals surface area (Å²) in [5.41, 5.74) is 4.94. The van der Waals surface area contributed by atoms with E-state index in [2.05, 4.69) is 5.92 Å². The van der Waals surface area contributed by atoms with Gasteiger partial charge in [0.1, 0.15) is 0 Å². The van der Waals surface area contributed by atoms with Gasteiger partial charge >= 0.3 is 0 Å². The lowest BCUT2D eigenvalue weighted by Gasteiger charge is -2.08. The predicted octanol–water partition coefficient (Wildman–Crippen LogP) is 3.67. The summed E-state index contributed by atoms with van der Waals surface area (Å²) in [5.74, 6) is 1.24. The van der Waals surface area contributed by atoms with E-state index < -0.39 is 11.7 Å². The van der Waals surface area contributed by atoms with Crippen LogP contribution < -0.4 is 10.5 Å². The molecule has 21 heavy (non-hydrogen) atoms. The Hall–Kier alpha value is -2.02. The van der Waals surface area contributed by atoms with E-state index in [4.69, 9.17) is 16.9 Å². The fourth-order valence-corrected chi connectivity index (χ4v) is 2.03. The Morgan fingerprint density at radius 2 is 1.86 bits per heavy atom. The lowest BCUT2D eigenvalue weighted by atomic mass is 10.1. The third-order valence-corrected chi connectivity index (χ3v) is 3.20. The molecule has 0 aliphatic carbocycles. The molecule has 0 unspecified atom stereocenters. The summed E-state index contributed by atoms with van der Waals surface area (Å²) >= 11 is 0. The van der Waals surface area contributed by atoms with Crippen LogP contribution in [0.25, 0.3) is 0 Å². The van der Waals surface area contributed by atoms with Gasteiger partial charge in [-0.2, -0.15) is 0 Å². The number of terminal acetylenes is 1. The van der Waals surface area contributed by atoms with Crippen molar-refractivity contribution in [2.45, 2.75) is 44.9 Å². The highest BCUT2D eigenvalue weighted by atomic mass is 19.1. The van der Waals surface area contributed by atoms with Crippen molar-refractivity contribution in [3.8, 4) is 18.1 Å². The van der Waals surface area contributed by atoms with Crippen molar-refractivity contribution in [2.24, 2.45) is 5.73 Å². The largest absolute Gasteiger partial charge is 0.490 e. The number of primary amides is 1. The van der Waals surface area contributed by atoms with Crippen LogP contribution in [0.2, 0.25) is 0 Å².